The fraction of sp³-hybridized carbons (Fsp3) is 0.346. The first-order chi connectivity index (χ1) is 14.9. The minimum Gasteiger partial charge on any atom is -0.392 e. The summed E-state index contributed by atoms with van der Waals surface area (Å²) in [5.41, 5.74) is 3.18. The van der Waals surface area contributed by atoms with Gasteiger partial charge in [-0.3, -0.25) is 4.98 Å². The van der Waals surface area contributed by atoms with Crippen LogP contribution in [0, 0.1) is 24.6 Å². The van der Waals surface area contributed by atoms with Crippen molar-refractivity contribution in [3.05, 3.63) is 89.9 Å². The van der Waals surface area contributed by atoms with Crippen molar-refractivity contribution in [2.45, 2.75) is 44.0 Å². The number of aliphatic hydroxyl groups is 3. The molecule has 5 atom stereocenters. The van der Waals surface area contributed by atoms with Gasteiger partial charge in [-0.25, -0.2) is 4.39 Å². The van der Waals surface area contributed by atoms with Crippen molar-refractivity contribution in [2.75, 3.05) is 0 Å². The van der Waals surface area contributed by atoms with Gasteiger partial charge in [0.25, 0.3) is 0 Å². The van der Waals surface area contributed by atoms with Gasteiger partial charge < -0.3 is 15.3 Å². The van der Waals surface area contributed by atoms with E-state index in [4.69, 9.17) is 0 Å². The van der Waals surface area contributed by atoms with Crippen LogP contribution in [0.4, 0.5) is 4.39 Å². The largest absolute Gasteiger partial charge is 0.392 e. The maximum absolute atomic E-state index is 13.4. The Morgan fingerprint density at radius 3 is 2.42 bits per heavy atom. The zero-order chi connectivity index (χ0) is 22.1. The summed E-state index contributed by atoms with van der Waals surface area (Å²) in [5, 5.41) is 34.3. The number of aromatic nitrogens is 1. The topological polar surface area (TPSA) is 73.6 Å². The average molecular weight is 422 g/mol. The Kier molecular flexibility index (Phi) is 6.19. The van der Waals surface area contributed by atoms with E-state index in [-0.39, 0.29) is 11.7 Å². The Balaban J connectivity index is 1.69. The number of pyridine rings is 1. The SMILES string of the molecule is C=CC(O)C(c1ccc(F)cc1)C(O)C(C1CC1)C(O)c1cnc2c(C)cccc2c1. The first kappa shape index (κ1) is 21.6. The first-order valence-electron chi connectivity index (χ1n) is 10.7. The number of rotatable bonds is 8. The molecule has 3 aromatic rings. The molecule has 4 nitrogen and oxygen atoms in total. The molecule has 5 unspecified atom stereocenters. The van der Waals surface area contributed by atoms with Gasteiger partial charge in [0.05, 0.1) is 23.8 Å². The molecule has 2 aromatic carbocycles. The quantitative estimate of drug-likeness (QED) is 0.471. The zero-order valence-electron chi connectivity index (χ0n) is 17.5. The van der Waals surface area contributed by atoms with Gasteiger partial charge in [0.2, 0.25) is 0 Å². The molecule has 31 heavy (non-hydrogen) atoms. The monoisotopic (exact) mass is 421 g/mol. The van der Waals surface area contributed by atoms with Crippen molar-refractivity contribution in [3.8, 4) is 0 Å². The molecular formula is C26H28FNO3. The fourth-order valence-electron chi connectivity index (χ4n) is 4.59. The van der Waals surface area contributed by atoms with E-state index in [0.29, 0.717) is 11.1 Å². The predicted octanol–water partition coefficient (Wildman–Crippen LogP) is 4.43. The van der Waals surface area contributed by atoms with E-state index in [1.54, 1.807) is 18.3 Å². The Morgan fingerprint density at radius 1 is 1.06 bits per heavy atom. The molecule has 1 fully saturated rings. The van der Waals surface area contributed by atoms with Crippen molar-refractivity contribution >= 4 is 10.9 Å². The Labute approximate surface area is 181 Å². The summed E-state index contributed by atoms with van der Waals surface area (Å²) in [6.45, 7) is 5.66. The number of aryl methyl sites for hydroxylation is 1. The second kappa shape index (κ2) is 8.87. The number of hydrogen-bond donors (Lipinski definition) is 3. The lowest BCUT2D eigenvalue weighted by atomic mass is 9.76. The van der Waals surface area contributed by atoms with Crippen LogP contribution in [0.3, 0.4) is 0 Å². The molecule has 1 aromatic heterocycles. The highest BCUT2D eigenvalue weighted by molar-refractivity contribution is 5.82. The van der Waals surface area contributed by atoms with Crippen LogP contribution in [0.15, 0.2) is 67.4 Å². The molecule has 0 saturated heterocycles. The van der Waals surface area contributed by atoms with Crippen LogP contribution in [-0.2, 0) is 0 Å². The number of benzene rings is 2. The number of fused-ring (bicyclic) bond motifs is 1. The summed E-state index contributed by atoms with van der Waals surface area (Å²) in [7, 11) is 0. The van der Waals surface area contributed by atoms with E-state index in [9.17, 15) is 19.7 Å². The van der Waals surface area contributed by atoms with E-state index in [1.807, 2.05) is 31.2 Å². The Morgan fingerprint density at radius 2 is 1.77 bits per heavy atom. The lowest BCUT2D eigenvalue weighted by Gasteiger charge is -2.35. The normalized spacial score (nSPS) is 18.9. The standard InChI is InChI=1S/C26H28FNO3/c1-3-21(29)22(16-9-11-20(27)12-10-16)26(31)23(17-7-8-17)25(30)19-13-18-6-4-5-15(2)24(18)28-14-19/h3-6,9-14,17,21-23,25-26,29-31H,1,7-8H2,2H3. The highest BCUT2D eigenvalue weighted by Gasteiger charge is 2.45. The van der Waals surface area contributed by atoms with Gasteiger partial charge in [0.15, 0.2) is 0 Å². The summed E-state index contributed by atoms with van der Waals surface area (Å²) >= 11 is 0. The third-order valence-corrected chi connectivity index (χ3v) is 6.43. The van der Waals surface area contributed by atoms with Crippen molar-refractivity contribution in [2.24, 2.45) is 11.8 Å². The van der Waals surface area contributed by atoms with Gasteiger partial charge >= 0.3 is 0 Å². The second-order valence-corrected chi connectivity index (χ2v) is 8.57. The summed E-state index contributed by atoms with van der Waals surface area (Å²) < 4.78 is 13.4. The maximum atomic E-state index is 13.4. The van der Waals surface area contributed by atoms with Gasteiger partial charge in [-0.2, -0.15) is 0 Å². The number of nitrogens with zero attached hydrogens (tertiary/aromatic N) is 1. The highest BCUT2D eigenvalue weighted by atomic mass is 19.1. The lowest BCUT2D eigenvalue weighted by Crippen LogP contribution is -2.38. The van der Waals surface area contributed by atoms with Crippen LogP contribution in [0.2, 0.25) is 0 Å². The first-order valence-corrected chi connectivity index (χ1v) is 10.7. The molecular weight excluding hydrogens is 393 g/mol. The number of hydrogen-bond acceptors (Lipinski definition) is 4. The summed E-state index contributed by atoms with van der Waals surface area (Å²) in [5.74, 6) is -1.47. The predicted molar refractivity (Wildman–Crippen MR) is 119 cm³/mol. The van der Waals surface area contributed by atoms with Crippen molar-refractivity contribution < 1.29 is 19.7 Å². The molecule has 0 spiro atoms. The van der Waals surface area contributed by atoms with E-state index < -0.39 is 30.1 Å². The molecule has 162 valence electrons. The Bertz CT molecular complexity index is 1060. The van der Waals surface area contributed by atoms with Gasteiger partial charge in [0, 0.05) is 23.4 Å². The summed E-state index contributed by atoms with van der Waals surface area (Å²) in [6, 6.07) is 13.6. The van der Waals surface area contributed by atoms with E-state index in [0.717, 1.165) is 29.3 Å². The minimum atomic E-state index is -1.05. The van der Waals surface area contributed by atoms with Crippen molar-refractivity contribution in [3.63, 3.8) is 0 Å². The summed E-state index contributed by atoms with van der Waals surface area (Å²) in [4.78, 5) is 4.54. The maximum Gasteiger partial charge on any atom is 0.123 e. The smallest absolute Gasteiger partial charge is 0.123 e. The Hall–Kier alpha value is -2.60. The molecule has 1 heterocycles. The molecule has 4 rings (SSSR count). The second-order valence-electron chi connectivity index (χ2n) is 8.57. The summed E-state index contributed by atoms with van der Waals surface area (Å²) in [6.07, 6.45) is 1.81. The van der Waals surface area contributed by atoms with Crippen LogP contribution in [0.25, 0.3) is 10.9 Å². The van der Waals surface area contributed by atoms with Crippen LogP contribution < -0.4 is 0 Å². The lowest BCUT2D eigenvalue weighted by molar-refractivity contribution is -0.0328. The van der Waals surface area contributed by atoms with Crippen LogP contribution in [0.5, 0.6) is 0 Å². The molecule has 0 radical (unpaired) electrons. The molecule has 5 heteroatoms. The molecule has 1 aliphatic carbocycles. The van der Waals surface area contributed by atoms with Gasteiger partial charge in [-0.05, 0) is 60.6 Å². The highest BCUT2D eigenvalue weighted by Crippen LogP contribution is 2.48. The third kappa shape index (κ3) is 4.40. The van der Waals surface area contributed by atoms with Crippen molar-refractivity contribution in [1.29, 1.82) is 0 Å². The molecule has 1 aliphatic rings. The molecule has 1 saturated carbocycles. The third-order valence-electron chi connectivity index (χ3n) is 6.43. The molecule has 3 N–H and O–H groups in total. The van der Waals surface area contributed by atoms with E-state index in [2.05, 4.69) is 11.6 Å². The van der Waals surface area contributed by atoms with Gasteiger partial charge in [-0.15, -0.1) is 6.58 Å². The number of halogens is 1. The molecule has 0 amide bonds. The number of aliphatic hydroxyl groups excluding tert-OH is 3. The van der Waals surface area contributed by atoms with Gasteiger partial charge in [0.1, 0.15) is 5.82 Å². The fourth-order valence-corrected chi connectivity index (χ4v) is 4.59. The van der Waals surface area contributed by atoms with Crippen LogP contribution in [0.1, 0.15) is 41.6 Å². The average Bonchev–Trinajstić information content (AvgIpc) is 3.60. The van der Waals surface area contributed by atoms with Crippen LogP contribution >= 0.6 is 0 Å². The van der Waals surface area contributed by atoms with Gasteiger partial charge in [-0.1, -0.05) is 36.4 Å². The minimum absolute atomic E-state index is 0.137. The zero-order valence-corrected chi connectivity index (χ0v) is 17.5. The molecule has 0 aliphatic heterocycles. The van der Waals surface area contributed by atoms with E-state index in [1.165, 1.54) is 18.2 Å². The van der Waals surface area contributed by atoms with E-state index >= 15 is 0 Å². The van der Waals surface area contributed by atoms with Crippen LogP contribution in [-0.4, -0.2) is 32.5 Å². The number of para-hydroxylation sites is 1. The molecule has 0 bridgehead atoms. The van der Waals surface area contributed by atoms with Crippen molar-refractivity contribution in [1.82, 2.24) is 4.98 Å².